The van der Waals surface area contributed by atoms with E-state index in [0.29, 0.717) is 39.4 Å². The third-order valence-electron chi connectivity index (χ3n) is 6.74. The number of carbonyl (C=O) groups is 2. The molecule has 5 rings (SSSR count). The lowest BCUT2D eigenvalue weighted by atomic mass is 9.77. The van der Waals surface area contributed by atoms with Crippen molar-refractivity contribution < 1.29 is 18.0 Å². The van der Waals surface area contributed by atoms with E-state index < -0.39 is 21.8 Å². The topological polar surface area (TPSA) is 134 Å². The standard InChI is InChI=1S/C26H27N5O4S2/c1-14-9-10-16(37(34,35)31(2)3)12-18(14)29-25(33)24-23(27)22-20(15-6-5-11-28-13-15)21-17(30-26(22)36-24)7-4-8-19(21)32/h5-6,9-13,20,30H,4,7-8,27H2,1-3H3,(H,29,33). The van der Waals surface area contributed by atoms with E-state index >= 15 is 0 Å². The largest absolute Gasteiger partial charge is 0.397 e. The average Bonchev–Trinajstić information content (AvgIpc) is 3.20. The molecule has 0 fully saturated rings. The van der Waals surface area contributed by atoms with Gasteiger partial charge < -0.3 is 16.4 Å². The van der Waals surface area contributed by atoms with Crippen molar-refractivity contribution in [1.29, 1.82) is 0 Å². The molecule has 9 nitrogen and oxygen atoms in total. The van der Waals surface area contributed by atoms with E-state index in [2.05, 4.69) is 15.6 Å². The van der Waals surface area contributed by atoms with Gasteiger partial charge in [-0.3, -0.25) is 14.6 Å². The summed E-state index contributed by atoms with van der Waals surface area (Å²) in [5, 5.41) is 6.94. The number of nitrogens with zero attached hydrogens (tertiary/aromatic N) is 2. The van der Waals surface area contributed by atoms with Crippen molar-refractivity contribution in [1.82, 2.24) is 9.29 Å². The maximum atomic E-state index is 13.5. The SMILES string of the molecule is Cc1ccc(S(=O)(=O)N(C)C)cc1NC(=O)c1sc2c(c1N)C(c1cccnc1)C1=C(CCCC1=O)N2. The Morgan fingerprint density at radius 2 is 2.03 bits per heavy atom. The fourth-order valence-corrected chi connectivity index (χ4v) is 6.79. The summed E-state index contributed by atoms with van der Waals surface area (Å²) in [4.78, 5) is 31.1. The van der Waals surface area contributed by atoms with E-state index in [4.69, 9.17) is 5.73 Å². The predicted octanol–water partition coefficient (Wildman–Crippen LogP) is 4.10. The molecule has 1 amide bonds. The Kier molecular flexibility index (Phi) is 6.38. The highest BCUT2D eigenvalue weighted by Crippen LogP contribution is 2.51. The third-order valence-corrected chi connectivity index (χ3v) is 9.69. The number of Topliss-reactive ketones (excluding diaryl/α,β-unsaturated/α-hetero) is 1. The molecule has 1 aromatic carbocycles. The molecular weight excluding hydrogens is 510 g/mol. The first kappa shape index (κ1) is 25.1. The van der Waals surface area contributed by atoms with Gasteiger partial charge in [0.15, 0.2) is 5.78 Å². The number of thiophene rings is 1. The summed E-state index contributed by atoms with van der Waals surface area (Å²) >= 11 is 1.22. The van der Waals surface area contributed by atoms with Crippen molar-refractivity contribution in [3.63, 3.8) is 0 Å². The maximum Gasteiger partial charge on any atom is 0.267 e. The average molecular weight is 538 g/mol. The van der Waals surface area contributed by atoms with Gasteiger partial charge in [0.25, 0.3) is 5.91 Å². The molecule has 2 aromatic heterocycles. The fraction of sp³-hybridized carbons (Fsp3) is 0.269. The van der Waals surface area contributed by atoms with Crippen LogP contribution in [-0.2, 0) is 14.8 Å². The minimum atomic E-state index is -3.68. The zero-order valence-corrected chi connectivity index (χ0v) is 22.3. The van der Waals surface area contributed by atoms with Gasteiger partial charge in [0.1, 0.15) is 4.88 Å². The van der Waals surface area contributed by atoms with Crippen LogP contribution in [0, 0.1) is 6.92 Å². The second-order valence-electron chi connectivity index (χ2n) is 9.32. The number of nitrogen functional groups attached to an aromatic ring is 1. The Bertz CT molecular complexity index is 1560. The number of aryl methyl sites for hydroxylation is 1. The third kappa shape index (κ3) is 4.32. The first-order valence-electron chi connectivity index (χ1n) is 11.8. The quantitative estimate of drug-likeness (QED) is 0.446. The zero-order chi connectivity index (χ0) is 26.5. The number of nitrogens with two attached hydrogens (primary N) is 1. The highest BCUT2D eigenvalue weighted by atomic mass is 32.2. The van der Waals surface area contributed by atoms with Gasteiger partial charge in [0.05, 0.1) is 15.6 Å². The monoisotopic (exact) mass is 537 g/mol. The molecule has 1 atom stereocenters. The summed E-state index contributed by atoms with van der Waals surface area (Å²) in [6.07, 6.45) is 5.37. The molecule has 1 aliphatic heterocycles. The van der Waals surface area contributed by atoms with Gasteiger partial charge in [-0.15, -0.1) is 11.3 Å². The van der Waals surface area contributed by atoms with Crippen LogP contribution in [0.5, 0.6) is 0 Å². The number of rotatable bonds is 5. The number of anilines is 3. The van der Waals surface area contributed by atoms with Crippen molar-refractivity contribution in [2.24, 2.45) is 0 Å². The van der Waals surface area contributed by atoms with Crippen molar-refractivity contribution in [3.8, 4) is 0 Å². The van der Waals surface area contributed by atoms with E-state index in [9.17, 15) is 18.0 Å². The molecule has 0 saturated carbocycles. The van der Waals surface area contributed by atoms with Gasteiger partial charge in [-0.25, -0.2) is 12.7 Å². The predicted molar refractivity (Wildman–Crippen MR) is 144 cm³/mol. The number of pyridine rings is 1. The van der Waals surface area contributed by atoms with Gasteiger partial charge in [0.2, 0.25) is 10.0 Å². The fourth-order valence-electron chi connectivity index (χ4n) is 4.78. The molecule has 1 unspecified atom stereocenters. The molecule has 37 heavy (non-hydrogen) atoms. The summed E-state index contributed by atoms with van der Waals surface area (Å²) in [5.74, 6) is -0.796. The van der Waals surface area contributed by atoms with Gasteiger partial charge in [-0.1, -0.05) is 12.1 Å². The van der Waals surface area contributed by atoms with E-state index in [-0.39, 0.29) is 10.7 Å². The summed E-state index contributed by atoms with van der Waals surface area (Å²) in [7, 11) is -0.770. The molecule has 1 aliphatic carbocycles. The lowest BCUT2D eigenvalue weighted by Gasteiger charge is -2.32. The minimum absolute atomic E-state index is 0.0689. The van der Waals surface area contributed by atoms with Crippen LogP contribution in [0.15, 0.2) is 58.9 Å². The van der Waals surface area contributed by atoms with Crippen molar-refractivity contribution in [2.75, 3.05) is 30.5 Å². The van der Waals surface area contributed by atoms with Gasteiger partial charge in [-0.2, -0.15) is 0 Å². The second-order valence-corrected chi connectivity index (χ2v) is 12.5. The molecule has 4 N–H and O–H groups in total. The van der Waals surface area contributed by atoms with Crippen LogP contribution in [0.3, 0.4) is 0 Å². The number of fused-ring (bicyclic) bond motifs is 1. The molecule has 3 heterocycles. The van der Waals surface area contributed by atoms with Crippen LogP contribution in [-0.4, -0.2) is 43.5 Å². The summed E-state index contributed by atoms with van der Waals surface area (Å²) in [6, 6.07) is 8.34. The number of carbonyl (C=O) groups excluding carboxylic acids is 2. The number of nitrogens with one attached hydrogen (secondary N) is 2. The molecule has 3 aromatic rings. The van der Waals surface area contributed by atoms with Crippen molar-refractivity contribution >= 4 is 49.4 Å². The van der Waals surface area contributed by atoms with Gasteiger partial charge in [-0.05, 0) is 49.1 Å². The molecule has 2 aliphatic rings. The minimum Gasteiger partial charge on any atom is -0.397 e. The number of aromatic nitrogens is 1. The molecule has 0 bridgehead atoms. The first-order chi connectivity index (χ1) is 17.6. The van der Waals surface area contributed by atoms with Crippen molar-refractivity contribution in [3.05, 3.63) is 75.6 Å². The molecule has 0 saturated heterocycles. The number of amides is 1. The highest BCUT2D eigenvalue weighted by Gasteiger charge is 2.39. The summed E-state index contributed by atoms with van der Waals surface area (Å²) in [6.45, 7) is 1.79. The van der Waals surface area contributed by atoms with E-state index in [0.717, 1.165) is 33.4 Å². The van der Waals surface area contributed by atoms with Gasteiger partial charge >= 0.3 is 0 Å². The number of sulfonamides is 1. The maximum absolute atomic E-state index is 13.5. The molecular formula is C26H27N5O4S2. The number of ketones is 1. The highest BCUT2D eigenvalue weighted by molar-refractivity contribution is 7.89. The second kappa shape index (κ2) is 9.40. The summed E-state index contributed by atoms with van der Waals surface area (Å²) < 4.78 is 26.3. The molecule has 0 radical (unpaired) electrons. The van der Waals surface area contributed by atoms with Crippen LogP contribution in [0.2, 0.25) is 0 Å². The zero-order valence-electron chi connectivity index (χ0n) is 20.7. The Hall–Kier alpha value is -3.54. The number of hydrogen-bond donors (Lipinski definition) is 3. The van der Waals surface area contributed by atoms with Crippen molar-refractivity contribution in [2.45, 2.75) is 37.0 Å². The number of allylic oxidation sites excluding steroid dienone is 2. The number of hydrogen-bond acceptors (Lipinski definition) is 8. The molecule has 11 heteroatoms. The van der Waals surface area contributed by atoms with Crippen LogP contribution >= 0.6 is 11.3 Å². The van der Waals surface area contributed by atoms with E-state index in [1.165, 1.54) is 37.6 Å². The van der Waals surface area contributed by atoms with Crippen LogP contribution in [0.1, 0.15) is 51.5 Å². The lowest BCUT2D eigenvalue weighted by Crippen LogP contribution is -2.26. The number of benzene rings is 1. The smallest absolute Gasteiger partial charge is 0.267 e. The van der Waals surface area contributed by atoms with Crippen LogP contribution < -0.4 is 16.4 Å². The Morgan fingerprint density at radius 1 is 1.24 bits per heavy atom. The lowest BCUT2D eigenvalue weighted by molar-refractivity contribution is -0.116. The van der Waals surface area contributed by atoms with Gasteiger partial charge in [0, 0.05) is 61.3 Å². The summed E-state index contributed by atoms with van der Waals surface area (Å²) in [5.41, 5.74) is 11.1. The normalized spacial score (nSPS) is 17.3. The first-order valence-corrected chi connectivity index (χ1v) is 14.0. The Labute approximate surface area is 219 Å². The van der Waals surface area contributed by atoms with E-state index in [1.807, 2.05) is 12.1 Å². The Morgan fingerprint density at radius 3 is 2.73 bits per heavy atom. The molecule has 0 spiro atoms. The van der Waals surface area contributed by atoms with E-state index in [1.54, 1.807) is 25.4 Å². The van der Waals surface area contributed by atoms with Crippen LogP contribution in [0.4, 0.5) is 16.4 Å². The van der Waals surface area contributed by atoms with Crippen LogP contribution in [0.25, 0.3) is 0 Å². The Balaban J connectivity index is 1.55. The molecule has 192 valence electrons.